The summed E-state index contributed by atoms with van der Waals surface area (Å²) in [5.74, 6) is 1.40. The number of urea groups is 1. The van der Waals surface area contributed by atoms with E-state index in [2.05, 4.69) is 20.4 Å². The molecule has 1 aliphatic heterocycles. The minimum Gasteiger partial charge on any atom is -0.368 e. The van der Waals surface area contributed by atoms with Crippen molar-refractivity contribution in [3.05, 3.63) is 59.9 Å². The second kappa shape index (κ2) is 9.21. The average Bonchev–Trinajstić information content (AvgIpc) is 3.30. The van der Waals surface area contributed by atoms with Crippen molar-refractivity contribution in [1.82, 2.24) is 15.0 Å². The van der Waals surface area contributed by atoms with Crippen LogP contribution < -0.4 is 10.2 Å². The number of hydrogen-bond acceptors (Lipinski definition) is 6. The first-order valence-corrected chi connectivity index (χ1v) is 10.8. The predicted octanol–water partition coefficient (Wildman–Crippen LogP) is 4.42. The van der Waals surface area contributed by atoms with Crippen molar-refractivity contribution in [3.8, 4) is 11.5 Å². The SMILES string of the molecule is CC(=O)c1ccc(N2CCN(C(=O)Nc3ccc(-c4nc(C(C)C)no4)cc3)CC2)cc1. The van der Waals surface area contributed by atoms with Gasteiger partial charge >= 0.3 is 6.03 Å². The van der Waals surface area contributed by atoms with Crippen LogP contribution in [0, 0.1) is 0 Å². The smallest absolute Gasteiger partial charge is 0.321 e. The second-order valence-corrected chi connectivity index (χ2v) is 8.20. The Balaban J connectivity index is 1.31. The maximum absolute atomic E-state index is 12.7. The number of carbonyl (C=O) groups is 2. The molecule has 2 amide bonds. The van der Waals surface area contributed by atoms with E-state index in [0.29, 0.717) is 36.1 Å². The standard InChI is InChI=1S/C24H27N5O3/c1-16(2)22-26-23(32-27-22)19-4-8-20(9-5-19)25-24(31)29-14-12-28(13-15-29)21-10-6-18(7-11-21)17(3)30/h4-11,16H,12-15H2,1-3H3,(H,25,31). The van der Waals surface area contributed by atoms with E-state index in [1.54, 1.807) is 11.8 Å². The Bertz CT molecular complexity index is 1080. The molecule has 1 N–H and O–H groups in total. The minimum absolute atomic E-state index is 0.0588. The number of nitrogens with one attached hydrogen (secondary N) is 1. The molecule has 166 valence electrons. The summed E-state index contributed by atoms with van der Waals surface area (Å²) in [6.07, 6.45) is 0. The first-order chi connectivity index (χ1) is 15.4. The lowest BCUT2D eigenvalue weighted by atomic mass is 10.1. The molecule has 0 radical (unpaired) electrons. The van der Waals surface area contributed by atoms with Crippen molar-refractivity contribution < 1.29 is 14.1 Å². The molecule has 1 aliphatic rings. The third-order valence-corrected chi connectivity index (χ3v) is 5.55. The Hall–Kier alpha value is -3.68. The number of hydrogen-bond donors (Lipinski definition) is 1. The molecule has 0 spiro atoms. The fourth-order valence-corrected chi connectivity index (χ4v) is 3.56. The van der Waals surface area contributed by atoms with Gasteiger partial charge in [0.2, 0.25) is 0 Å². The molecule has 2 aromatic carbocycles. The molecule has 1 aromatic heterocycles. The summed E-state index contributed by atoms with van der Waals surface area (Å²) in [5, 5.41) is 6.94. The summed E-state index contributed by atoms with van der Waals surface area (Å²) in [4.78, 5) is 32.5. The van der Waals surface area contributed by atoms with Crippen LogP contribution in [0.15, 0.2) is 53.1 Å². The Morgan fingerprint density at radius 3 is 2.19 bits per heavy atom. The summed E-state index contributed by atoms with van der Waals surface area (Å²) in [5.41, 5.74) is 3.29. The molecule has 0 bridgehead atoms. The van der Waals surface area contributed by atoms with Gasteiger partial charge in [0, 0.05) is 54.6 Å². The average molecular weight is 434 g/mol. The third-order valence-electron chi connectivity index (χ3n) is 5.55. The molecule has 1 fully saturated rings. The number of anilines is 2. The van der Waals surface area contributed by atoms with Crippen molar-refractivity contribution in [2.75, 3.05) is 36.4 Å². The number of carbonyl (C=O) groups excluding carboxylic acids is 2. The van der Waals surface area contributed by atoms with E-state index >= 15 is 0 Å². The number of aromatic nitrogens is 2. The number of nitrogens with zero attached hydrogens (tertiary/aromatic N) is 4. The van der Waals surface area contributed by atoms with E-state index in [1.165, 1.54) is 0 Å². The van der Waals surface area contributed by atoms with Gasteiger partial charge in [0.15, 0.2) is 11.6 Å². The topological polar surface area (TPSA) is 91.6 Å². The fraction of sp³-hybridized carbons (Fsp3) is 0.333. The normalized spacial score (nSPS) is 14.0. The Morgan fingerprint density at radius 1 is 0.969 bits per heavy atom. The summed E-state index contributed by atoms with van der Waals surface area (Å²) in [6, 6.07) is 14.9. The van der Waals surface area contributed by atoms with E-state index in [9.17, 15) is 9.59 Å². The van der Waals surface area contributed by atoms with Gasteiger partial charge < -0.3 is 19.6 Å². The zero-order valence-corrected chi connectivity index (χ0v) is 18.5. The molecule has 0 unspecified atom stereocenters. The van der Waals surface area contributed by atoms with Crippen LogP contribution in [0.2, 0.25) is 0 Å². The van der Waals surface area contributed by atoms with Crippen molar-refractivity contribution in [2.45, 2.75) is 26.7 Å². The minimum atomic E-state index is -0.121. The highest BCUT2D eigenvalue weighted by molar-refractivity contribution is 5.94. The monoisotopic (exact) mass is 433 g/mol. The maximum Gasteiger partial charge on any atom is 0.321 e. The lowest BCUT2D eigenvalue weighted by Gasteiger charge is -2.36. The zero-order chi connectivity index (χ0) is 22.7. The summed E-state index contributed by atoms with van der Waals surface area (Å²) in [7, 11) is 0. The first kappa shape index (κ1) is 21.5. The molecule has 2 heterocycles. The quantitative estimate of drug-likeness (QED) is 0.599. The number of ketones is 1. The molecule has 4 rings (SSSR count). The highest BCUT2D eigenvalue weighted by atomic mass is 16.5. The van der Waals surface area contributed by atoms with Crippen LogP contribution in [0.4, 0.5) is 16.2 Å². The molecule has 32 heavy (non-hydrogen) atoms. The van der Waals surface area contributed by atoms with Crippen LogP contribution in [-0.2, 0) is 0 Å². The van der Waals surface area contributed by atoms with Crippen LogP contribution in [0.3, 0.4) is 0 Å². The number of piperazine rings is 1. The lowest BCUT2D eigenvalue weighted by molar-refractivity contribution is 0.101. The van der Waals surface area contributed by atoms with Crippen LogP contribution in [-0.4, -0.2) is 53.0 Å². The number of amides is 2. The Labute approximate surface area is 187 Å². The van der Waals surface area contributed by atoms with E-state index < -0.39 is 0 Å². The summed E-state index contributed by atoms with van der Waals surface area (Å²) >= 11 is 0. The van der Waals surface area contributed by atoms with E-state index in [1.807, 2.05) is 62.4 Å². The van der Waals surface area contributed by atoms with Gasteiger partial charge in [0.1, 0.15) is 0 Å². The zero-order valence-electron chi connectivity index (χ0n) is 18.5. The predicted molar refractivity (Wildman–Crippen MR) is 123 cm³/mol. The molecular weight excluding hydrogens is 406 g/mol. The largest absolute Gasteiger partial charge is 0.368 e. The van der Waals surface area contributed by atoms with Crippen LogP contribution >= 0.6 is 0 Å². The van der Waals surface area contributed by atoms with Gasteiger partial charge in [-0.25, -0.2) is 4.79 Å². The first-order valence-electron chi connectivity index (χ1n) is 10.8. The molecule has 8 heteroatoms. The summed E-state index contributed by atoms with van der Waals surface area (Å²) in [6.45, 7) is 8.31. The molecule has 0 saturated carbocycles. The van der Waals surface area contributed by atoms with Gasteiger partial charge in [-0.15, -0.1) is 0 Å². The molecule has 0 atom stereocenters. The van der Waals surface area contributed by atoms with Crippen molar-refractivity contribution >= 4 is 23.2 Å². The highest BCUT2D eigenvalue weighted by Crippen LogP contribution is 2.22. The molecule has 1 saturated heterocycles. The van der Waals surface area contributed by atoms with Crippen LogP contribution in [0.5, 0.6) is 0 Å². The number of rotatable bonds is 5. The fourth-order valence-electron chi connectivity index (χ4n) is 3.56. The van der Waals surface area contributed by atoms with Gasteiger partial charge in [0.05, 0.1) is 0 Å². The van der Waals surface area contributed by atoms with Crippen molar-refractivity contribution in [3.63, 3.8) is 0 Å². The third kappa shape index (κ3) is 4.80. The van der Waals surface area contributed by atoms with E-state index in [0.717, 1.165) is 24.3 Å². The van der Waals surface area contributed by atoms with Gasteiger partial charge in [-0.2, -0.15) is 4.98 Å². The second-order valence-electron chi connectivity index (χ2n) is 8.20. The van der Waals surface area contributed by atoms with Crippen molar-refractivity contribution in [2.24, 2.45) is 0 Å². The van der Waals surface area contributed by atoms with Gasteiger partial charge in [-0.1, -0.05) is 19.0 Å². The lowest BCUT2D eigenvalue weighted by Crippen LogP contribution is -2.50. The Morgan fingerprint density at radius 2 is 1.62 bits per heavy atom. The maximum atomic E-state index is 12.7. The van der Waals surface area contributed by atoms with E-state index in [-0.39, 0.29) is 17.7 Å². The van der Waals surface area contributed by atoms with Crippen LogP contribution in [0.25, 0.3) is 11.5 Å². The van der Waals surface area contributed by atoms with E-state index in [4.69, 9.17) is 4.52 Å². The Kier molecular flexibility index (Phi) is 6.20. The molecule has 3 aromatic rings. The van der Waals surface area contributed by atoms with Crippen LogP contribution in [0.1, 0.15) is 42.9 Å². The van der Waals surface area contributed by atoms with Gasteiger partial charge in [0.25, 0.3) is 5.89 Å². The molecule has 8 nitrogen and oxygen atoms in total. The van der Waals surface area contributed by atoms with Gasteiger partial charge in [-0.05, 0) is 55.5 Å². The molecule has 0 aliphatic carbocycles. The highest BCUT2D eigenvalue weighted by Gasteiger charge is 2.21. The van der Waals surface area contributed by atoms with Gasteiger partial charge in [-0.3, -0.25) is 4.79 Å². The number of Topliss-reactive ketones (excluding diaryl/α,β-unsaturated/α-hetero) is 1. The molecular formula is C24H27N5O3. The number of benzene rings is 2. The van der Waals surface area contributed by atoms with Crippen molar-refractivity contribution in [1.29, 1.82) is 0 Å². The summed E-state index contributed by atoms with van der Waals surface area (Å²) < 4.78 is 5.31.